The van der Waals surface area contributed by atoms with Gasteiger partial charge in [0.1, 0.15) is 5.75 Å². The molecule has 0 amide bonds. The number of carbonyl (C=O) groups is 1. The number of esters is 1. The Hall–Kier alpha value is -1.60. The van der Waals surface area contributed by atoms with Crippen LogP contribution in [0.5, 0.6) is 5.75 Å². The third-order valence-corrected chi connectivity index (χ3v) is 3.96. The number of phenols is 1. The van der Waals surface area contributed by atoms with Crippen LogP contribution in [0, 0.1) is 6.92 Å². The third kappa shape index (κ3) is 3.54. The monoisotopic (exact) mass is 414 g/mol. The van der Waals surface area contributed by atoms with Crippen LogP contribution in [0.25, 0.3) is 11.6 Å². The highest BCUT2D eigenvalue weighted by Crippen LogP contribution is 2.36. The second-order valence-electron chi connectivity index (χ2n) is 4.31. The van der Waals surface area contributed by atoms with E-state index in [9.17, 15) is 9.90 Å². The average molecular weight is 416 g/mol. The number of nitrogens with one attached hydrogen (secondary N) is 1. The van der Waals surface area contributed by atoms with Gasteiger partial charge in [0.2, 0.25) is 0 Å². The molecule has 1 heterocycles. The molecule has 0 radical (unpaired) electrons. The minimum atomic E-state index is -0.486. The zero-order valence-electron chi connectivity index (χ0n) is 11.3. The molecule has 7 heteroatoms. The molecule has 1 aromatic carbocycles. The average Bonchev–Trinajstić information content (AvgIpc) is 2.86. The fourth-order valence-corrected chi connectivity index (χ4v) is 2.94. The van der Waals surface area contributed by atoms with Crippen LogP contribution in [0.15, 0.2) is 27.1 Å². The molecule has 2 aromatic rings. The summed E-state index contributed by atoms with van der Waals surface area (Å²) in [5.41, 5.74) is 2.44. The van der Waals surface area contributed by atoms with E-state index in [0.717, 1.165) is 5.69 Å². The van der Waals surface area contributed by atoms with Crippen molar-refractivity contribution in [1.82, 2.24) is 10.2 Å². The summed E-state index contributed by atoms with van der Waals surface area (Å²) in [6.45, 7) is 1.87. The first-order valence-electron chi connectivity index (χ1n) is 5.92. The van der Waals surface area contributed by atoms with Crippen LogP contribution in [0.4, 0.5) is 0 Å². The van der Waals surface area contributed by atoms with Gasteiger partial charge >= 0.3 is 5.97 Å². The quantitative estimate of drug-likeness (QED) is 0.592. The van der Waals surface area contributed by atoms with Crippen molar-refractivity contribution >= 4 is 49.5 Å². The second-order valence-corrected chi connectivity index (χ2v) is 6.02. The number of benzene rings is 1. The lowest BCUT2D eigenvalue weighted by Crippen LogP contribution is -2.04. The minimum absolute atomic E-state index is 0.0681. The molecule has 5 nitrogen and oxygen atoms in total. The fraction of sp³-hybridized carbons (Fsp3) is 0.143. The molecule has 0 aliphatic carbocycles. The van der Waals surface area contributed by atoms with Crippen molar-refractivity contribution < 1.29 is 14.6 Å². The predicted molar refractivity (Wildman–Crippen MR) is 86.7 cm³/mol. The number of ether oxygens (including phenoxy) is 1. The molecular formula is C14H12Br2N2O3. The van der Waals surface area contributed by atoms with Crippen LogP contribution in [0.3, 0.4) is 0 Å². The lowest BCUT2D eigenvalue weighted by atomic mass is 10.0. The topological polar surface area (TPSA) is 75.2 Å². The van der Waals surface area contributed by atoms with Gasteiger partial charge in [-0.3, -0.25) is 5.10 Å². The summed E-state index contributed by atoms with van der Waals surface area (Å²) in [6, 6.07) is 5.10. The molecule has 0 saturated carbocycles. The van der Waals surface area contributed by atoms with Gasteiger partial charge in [0.25, 0.3) is 0 Å². The number of aryl methyl sites for hydroxylation is 1. The van der Waals surface area contributed by atoms with Gasteiger partial charge in [0.05, 0.1) is 27.3 Å². The summed E-state index contributed by atoms with van der Waals surface area (Å²) in [6.07, 6.45) is 1.63. The maximum atomic E-state index is 12.0. The first kappa shape index (κ1) is 15.8. The van der Waals surface area contributed by atoms with Crippen molar-refractivity contribution in [2.75, 3.05) is 7.11 Å². The molecule has 0 unspecified atom stereocenters. The number of hydrogen-bond acceptors (Lipinski definition) is 4. The summed E-state index contributed by atoms with van der Waals surface area (Å²) >= 11 is 6.49. The molecule has 110 valence electrons. The van der Waals surface area contributed by atoms with Crippen LogP contribution in [0.2, 0.25) is 0 Å². The Bertz CT molecular complexity index is 700. The summed E-state index contributed by atoms with van der Waals surface area (Å²) in [4.78, 5) is 12.0. The zero-order chi connectivity index (χ0) is 15.6. The molecule has 1 aromatic heterocycles. The molecule has 0 aliphatic rings. The Morgan fingerprint density at radius 3 is 2.43 bits per heavy atom. The van der Waals surface area contributed by atoms with E-state index in [4.69, 9.17) is 4.74 Å². The highest BCUT2D eigenvalue weighted by molar-refractivity contribution is 9.11. The van der Waals surface area contributed by atoms with Crippen molar-refractivity contribution in [1.29, 1.82) is 0 Å². The largest absolute Gasteiger partial charge is 0.506 e. The molecule has 0 atom stereocenters. The lowest BCUT2D eigenvalue weighted by Gasteiger charge is -2.08. The van der Waals surface area contributed by atoms with Crippen molar-refractivity contribution in [3.05, 3.63) is 44.1 Å². The number of H-pyrrole nitrogens is 1. The van der Waals surface area contributed by atoms with Crippen LogP contribution >= 0.6 is 31.9 Å². The number of hydrogen-bond donors (Lipinski definition) is 2. The molecule has 0 fully saturated rings. The van der Waals surface area contributed by atoms with Gasteiger partial charge in [-0.1, -0.05) is 0 Å². The molecule has 0 aliphatic heterocycles. The maximum Gasteiger partial charge on any atom is 0.338 e. The van der Waals surface area contributed by atoms with E-state index < -0.39 is 5.97 Å². The van der Waals surface area contributed by atoms with Gasteiger partial charge in [-0.05, 0) is 68.6 Å². The van der Waals surface area contributed by atoms with Crippen LogP contribution < -0.4 is 0 Å². The number of aromatic hydroxyl groups is 1. The number of aromatic nitrogens is 2. The molecule has 2 rings (SSSR count). The Morgan fingerprint density at radius 1 is 1.33 bits per heavy atom. The Morgan fingerprint density at radius 2 is 1.95 bits per heavy atom. The van der Waals surface area contributed by atoms with E-state index in [1.165, 1.54) is 7.11 Å². The van der Waals surface area contributed by atoms with E-state index in [2.05, 4.69) is 42.1 Å². The fourth-order valence-electron chi connectivity index (χ4n) is 1.75. The molecule has 0 saturated heterocycles. The Kier molecular flexibility index (Phi) is 4.84. The molecule has 0 bridgehead atoms. The van der Waals surface area contributed by atoms with Gasteiger partial charge in [-0.25, -0.2) is 4.79 Å². The number of halogens is 2. The van der Waals surface area contributed by atoms with Gasteiger partial charge < -0.3 is 9.84 Å². The number of methoxy groups -OCH3 is 1. The van der Waals surface area contributed by atoms with Crippen molar-refractivity contribution in [2.24, 2.45) is 0 Å². The smallest absolute Gasteiger partial charge is 0.338 e. The van der Waals surface area contributed by atoms with Crippen molar-refractivity contribution in [2.45, 2.75) is 6.92 Å². The van der Waals surface area contributed by atoms with Gasteiger partial charge in [-0.2, -0.15) is 5.10 Å². The van der Waals surface area contributed by atoms with Gasteiger partial charge in [0, 0.05) is 5.69 Å². The maximum absolute atomic E-state index is 12.0. The Labute approximate surface area is 138 Å². The van der Waals surface area contributed by atoms with Crippen LogP contribution in [-0.2, 0) is 9.53 Å². The lowest BCUT2D eigenvalue weighted by molar-refractivity contribution is -0.133. The normalized spacial score (nSPS) is 11.5. The standard InChI is InChI=1S/C14H12Br2N2O3/c1-7-3-9(18-17-7)6-10(14(20)21-2)8-4-11(15)13(19)12(16)5-8/h3-6,19H,1-2H3,(H,17,18). The SMILES string of the molecule is COC(=O)C(=Cc1cc(C)[nH]n1)c1cc(Br)c(O)c(Br)c1. The molecule has 0 spiro atoms. The number of nitrogens with zero attached hydrogens (tertiary/aromatic N) is 1. The van der Waals surface area contributed by atoms with E-state index in [-0.39, 0.29) is 5.75 Å². The van der Waals surface area contributed by atoms with E-state index in [1.54, 1.807) is 18.2 Å². The predicted octanol–water partition coefficient (Wildman–Crippen LogP) is 3.66. The zero-order valence-corrected chi connectivity index (χ0v) is 14.4. The van der Waals surface area contributed by atoms with Gasteiger partial charge in [-0.15, -0.1) is 0 Å². The number of rotatable bonds is 3. The van der Waals surface area contributed by atoms with Gasteiger partial charge in [0.15, 0.2) is 0 Å². The Balaban J connectivity index is 2.56. The molecular weight excluding hydrogens is 404 g/mol. The summed E-state index contributed by atoms with van der Waals surface area (Å²) in [5, 5.41) is 16.6. The highest BCUT2D eigenvalue weighted by atomic mass is 79.9. The summed E-state index contributed by atoms with van der Waals surface area (Å²) < 4.78 is 5.76. The summed E-state index contributed by atoms with van der Waals surface area (Å²) in [5.74, 6) is -0.418. The summed E-state index contributed by atoms with van der Waals surface area (Å²) in [7, 11) is 1.32. The van der Waals surface area contributed by atoms with E-state index >= 15 is 0 Å². The van der Waals surface area contributed by atoms with Crippen LogP contribution in [-0.4, -0.2) is 28.4 Å². The van der Waals surface area contributed by atoms with Crippen LogP contribution in [0.1, 0.15) is 17.0 Å². The number of carbonyl (C=O) groups excluding carboxylic acids is 1. The number of aromatic amines is 1. The third-order valence-electron chi connectivity index (χ3n) is 2.75. The second kappa shape index (κ2) is 6.44. The first-order chi connectivity index (χ1) is 9.92. The molecule has 21 heavy (non-hydrogen) atoms. The minimum Gasteiger partial charge on any atom is -0.506 e. The number of phenolic OH excluding ortho intramolecular Hbond substituents is 1. The van der Waals surface area contributed by atoms with Crippen molar-refractivity contribution in [3.8, 4) is 5.75 Å². The van der Waals surface area contributed by atoms with Crippen molar-refractivity contribution in [3.63, 3.8) is 0 Å². The molecule has 2 N–H and O–H groups in total. The van der Waals surface area contributed by atoms with E-state index in [0.29, 0.717) is 25.8 Å². The highest BCUT2D eigenvalue weighted by Gasteiger charge is 2.16. The van der Waals surface area contributed by atoms with E-state index in [1.807, 2.05) is 13.0 Å². The first-order valence-corrected chi connectivity index (χ1v) is 7.51.